The van der Waals surface area contributed by atoms with Crippen LogP contribution in [0.2, 0.25) is 0 Å². The molecule has 2 aromatic rings. The highest BCUT2D eigenvalue weighted by Gasteiger charge is 2.15. The van der Waals surface area contributed by atoms with Gasteiger partial charge in [0.25, 0.3) is 5.91 Å². The molecule has 0 saturated heterocycles. The molecular formula is C13H13BrN4OS. The topological polar surface area (TPSA) is 72.9 Å². The molecule has 0 aliphatic heterocycles. The van der Waals surface area contributed by atoms with E-state index in [1.807, 2.05) is 13.0 Å². The van der Waals surface area contributed by atoms with E-state index in [9.17, 15) is 4.79 Å². The fourth-order valence-electron chi connectivity index (χ4n) is 1.75. The highest BCUT2D eigenvalue weighted by atomic mass is 79.9. The van der Waals surface area contributed by atoms with Crippen LogP contribution in [0, 0.1) is 6.92 Å². The van der Waals surface area contributed by atoms with E-state index in [0.29, 0.717) is 16.8 Å². The van der Waals surface area contributed by atoms with Crippen LogP contribution in [-0.4, -0.2) is 20.7 Å². The molecule has 1 heterocycles. The summed E-state index contributed by atoms with van der Waals surface area (Å²) < 4.78 is 2.47. The maximum atomic E-state index is 12.3. The van der Waals surface area contributed by atoms with Crippen molar-refractivity contribution in [1.29, 1.82) is 0 Å². The average molecular weight is 353 g/mol. The van der Waals surface area contributed by atoms with Crippen molar-refractivity contribution < 1.29 is 4.79 Å². The van der Waals surface area contributed by atoms with E-state index < -0.39 is 0 Å². The molecule has 0 aliphatic rings. The van der Waals surface area contributed by atoms with E-state index in [1.165, 1.54) is 6.20 Å². The van der Waals surface area contributed by atoms with Crippen molar-refractivity contribution in [1.82, 2.24) is 9.78 Å². The zero-order valence-electron chi connectivity index (χ0n) is 11.0. The van der Waals surface area contributed by atoms with Gasteiger partial charge in [0.15, 0.2) is 0 Å². The van der Waals surface area contributed by atoms with Crippen LogP contribution in [0.3, 0.4) is 0 Å². The molecule has 1 aromatic carbocycles. The SMILES string of the molecule is Cc1c(C(=O)Nc2cc(Br)ccc2C(N)=S)cnn1C. The first-order valence-electron chi connectivity index (χ1n) is 5.79. The molecule has 0 atom stereocenters. The summed E-state index contributed by atoms with van der Waals surface area (Å²) in [5.74, 6) is -0.244. The Labute approximate surface area is 130 Å². The standard InChI is InChI=1S/C13H13BrN4OS/c1-7-10(6-16-18(7)2)13(19)17-11-5-8(14)3-4-9(11)12(15)20/h3-6H,1-2H3,(H2,15,20)(H,17,19). The van der Waals surface area contributed by atoms with Gasteiger partial charge >= 0.3 is 0 Å². The molecule has 20 heavy (non-hydrogen) atoms. The van der Waals surface area contributed by atoms with Gasteiger partial charge in [0.2, 0.25) is 0 Å². The summed E-state index contributed by atoms with van der Waals surface area (Å²) >= 11 is 8.35. The van der Waals surface area contributed by atoms with Crippen molar-refractivity contribution in [2.75, 3.05) is 5.32 Å². The molecule has 0 spiro atoms. The lowest BCUT2D eigenvalue weighted by molar-refractivity contribution is 0.102. The van der Waals surface area contributed by atoms with Gasteiger partial charge in [-0.3, -0.25) is 9.48 Å². The number of hydrogen-bond donors (Lipinski definition) is 2. The van der Waals surface area contributed by atoms with Gasteiger partial charge in [-0.15, -0.1) is 0 Å². The first kappa shape index (κ1) is 14.7. The van der Waals surface area contributed by atoms with Crippen LogP contribution in [0.15, 0.2) is 28.9 Å². The number of hydrogen-bond acceptors (Lipinski definition) is 3. The minimum atomic E-state index is -0.244. The third-order valence-corrected chi connectivity index (χ3v) is 3.69. The van der Waals surface area contributed by atoms with Gasteiger partial charge in [0.05, 0.1) is 17.4 Å². The maximum Gasteiger partial charge on any atom is 0.259 e. The number of nitrogens with zero attached hydrogens (tertiary/aromatic N) is 2. The number of amides is 1. The Hall–Kier alpha value is -1.73. The van der Waals surface area contributed by atoms with Crippen molar-refractivity contribution >= 4 is 44.7 Å². The van der Waals surface area contributed by atoms with Gasteiger partial charge in [0, 0.05) is 22.8 Å². The Kier molecular flexibility index (Phi) is 4.20. The lowest BCUT2D eigenvalue weighted by atomic mass is 10.1. The second-order valence-corrected chi connectivity index (χ2v) is 5.63. The lowest BCUT2D eigenvalue weighted by Gasteiger charge is -2.10. The molecule has 2 rings (SSSR count). The number of thiocarbonyl (C=S) groups is 1. The van der Waals surface area contributed by atoms with E-state index in [4.69, 9.17) is 18.0 Å². The van der Waals surface area contributed by atoms with E-state index in [2.05, 4.69) is 26.3 Å². The Morgan fingerprint density at radius 2 is 2.15 bits per heavy atom. The average Bonchev–Trinajstić information content (AvgIpc) is 2.69. The fourth-order valence-corrected chi connectivity index (χ4v) is 2.29. The van der Waals surface area contributed by atoms with Crippen LogP contribution >= 0.6 is 28.1 Å². The van der Waals surface area contributed by atoms with Gasteiger partial charge in [-0.2, -0.15) is 5.10 Å². The van der Waals surface area contributed by atoms with Crippen LogP contribution in [-0.2, 0) is 7.05 Å². The van der Waals surface area contributed by atoms with Crippen LogP contribution in [0.1, 0.15) is 21.6 Å². The third-order valence-electron chi connectivity index (χ3n) is 2.98. The van der Waals surface area contributed by atoms with E-state index in [0.717, 1.165) is 10.2 Å². The maximum absolute atomic E-state index is 12.3. The second-order valence-electron chi connectivity index (χ2n) is 4.28. The van der Waals surface area contributed by atoms with Crippen LogP contribution < -0.4 is 11.1 Å². The normalized spacial score (nSPS) is 10.3. The quantitative estimate of drug-likeness (QED) is 0.831. The number of anilines is 1. The molecular weight excluding hydrogens is 340 g/mol. The zero-order chi connectivity index (χ0) is 14.9. The first-order valence-corrected chi connectivity index (χ1v) is 6.99. The minimum Gasteiger partial charge on any atom is -0.389 e. The predicted molar refractivity (Wildman–Crippen MR) is 85.9 cm³/mol. The van der Waals surface area contributed by atoms with Gasteiger partial charge in [-0.25, -0.2) is 0 Å². The van der Waals surface area contributed by atoms with Crippen LogP contribution in [0.5, 0.6) is 0 Å². The first-order chi connectivity index (χ1) is 9.40. The number of carbonyl (C=O) groups is 1. The van der Waals surface area contributed by atoms with E-state index >= 15 is 0 Å². The zero-order valence-corrected chi connectivity index (χ0v) is 13.4. The highest BCUT2D eigenvalue weighted by molar-refractivity contribution is 9.10. The van der Waals surface area contributed by atoms with Gasteiger partial charge in [-0.1, -0.05) is 28.1 Å². The Bertz CT molecular complexity index is 696. The lowest BCUT2D eigenvalue weighted by Crippen LogP contribution is -2.18. The fraction of sp³-hybridized carbons (Fsp3) is 0.154. The number of benzene rings is 1. The molecule has 0 radical (unpaired) electrons. The Balaban J connectivity index is 2.35. The van der Waals surface area contributed by atoms with Crippen molar-refractivity contribution in [3.05, 3.63) is 45.7 Å². The third kappa shape index (κ3) is 2.88. The summed E-state index contributed by atoms with van der Waals surface area (Å²) in [7, 11) is 1.78. The summed E-state index contributed by atoms with van der Waals surface area (Å²) in [5, 5.41) is 6.86. The van der Waals surface area contributed by atoms with Crippen molar-refractivity contribution in [2.45, 2.75) is 6.92 Å². The molecule has 0 bridgehead atoms. The monoisotopic (exact) mass is 352 g/mol. The summed E-state index contributed by atoms with van der Waals surface area (Å²) in [6, 6.07) is 5.34. The largest absolute Gasteiger partial charge is 0.389 e. The Morgan fingerprint density at radius 3 is 2.70 bits per heavy atom. The van der Waals surface area contributed by atoms with Gasteiger partial charge in [0.1, 0.15) is 4.99 Å². The molecule has 1 amide bonds. The molecule has 5 nitrogen and oxygen atoms in total. The summed E-state index contributed by atoms with van der Waals surface area (Å²) in [5.41, 5.74) is 8.16. The number of halogens is 1. The number of carbonyl (C=O) groups excluding carboxylic acids is 1. The molecule has 0 saturated carbocycles. The molecule has 7 heteroatoms. The number of aryl methyl sites for hydroxylation is 1. The van der Waals surface area contributed by atoms with Gasteiger partial charge < -0.3 is 11.1 Å². The second kappa shape index (κ2) is 5.72. The molecule has 0 aliphatic carbocycles. The van der Waals surface area contributed by atoms with Crippen LogP contribution in [0.25, 0.3) is 0 Å². The number of aromatic nitrogens is 2. The van der Waals surface area contributed by atoms with Crippen molar-refractivity contribution in [3.8, 4) is 0 Å². The van der Waals surface area contributed by atoms with E-state index in [-0.39, 0.29) is 10.9 Å². The predicted octanol–water partition coefficient (Wildman–Crippen LogP) is 2.38. The molecule has 0 unspecified atom stereocenters. The molecule has 3 N–H and O–H groups in total. The summed E-state index contributed by atoms with van der Waals surface area (Å²) in [4.78, 5) is 12.5. The number of rotatable bonds is 3. The minimum absolute atomic E-state index is 0.232. The molecule has 1 aromatic heterocycles. The van der Waals surface area contributed by atoms with Crippen LogP contribution in [0.4, 0.5) is 5.69 Å². The van der Waals surface area contributed by atoms with Gasteiger partial charge in [-0.05, 0) is 25.1 Å². The molecule has 104 valence electrons. The highest BCUT2D eigenvalue weighted by Crippen LogP contribution is 2.22. The summed E-state index contributed by atoms with van der Waals surface area (Å²) in [6.07, 6.45) is 1.53. The van der Waals surface area contributed by atoms with Crippen molar-refractivity contribution in [3.63, 3.8) is 0 Å². The number of nitrogens with one attached hydrogen (secondary N) is 1. The summed E-state index contributed by atoms with van der Waals surface area (Å²) in [6.45, 7) is 1.83. The number of nitrogens with two attached hydrogens (primary N) is 1. The van der Waals surface area contributed by atoms with E-state index in [1.54, 1.807) is 23.9 Å². The Morgan fingerprint density at radius 1 is 1.45 bits per heavy atom. The smallest absolute Gasteiger partial charge is 0.259 e. The molecule has 0 fully saturated rings. The van der Waals surface area contributed by atoms with Crippen molar-refractivity contribution in [2.24, 2.45) is 12.8 Å².